The van der Waals surface area contributed by atoms with Gasteiger partial charge in [0, 0.05) is 18.6 Å². The first kappa shape index (κ1) is 14.8. The van der Waals surface area contributed by atoms with Gasteiger partial charge in [0.05, 0.1) is 9.85 Å². The Morgan fingerprint density at radius 2 is 2.14 bits per heavy atom. The largest absolute Gasteiger partial charge is 0.486 e. The Morgan fingerprint density at radius 1 is 1.43 bits per heavy atom. The van der Waals surface area contributed by atoms with E-state index in [9.17, 15) is 20.2 Å². The van der Waals surface area contributed by atoms with Crippen LogP contribution in [0.5, 0.6) is 11.5 Å². The van der Waals surface area contributed by atoms with Crippen LogP contribution in [0.1, 0.15) is 25.8 Å². The molecule has 1 aromatic rings. The Hall–Kier alpha value is -2.64. The molecule has 1 aliphatic rings. The molecule has 1 heterocycles. The molecule has 2 rings (SSSR count). The zero-order valence-electron chi connectivity index (χ0n) is 11.6. The van der Waals surface area contributed by atoms with E-state index in [2.05, 4.69) is 0 Å². The molecule has 0 saturated carbocycles. The van der Waals surface area contributed by atoms with Crippen LogP contribution in [-0.2, 0) is 0 Å². The number of nitro groups is 2. The van der Waals surface area contributed by atoms with Gasteiger partial charge in [0.2, 0.25) is 5.70 Å². The molecule has 0 fully saturated rings. The van der Waals surface area contributed by atoms with E-state index in [0.717, 1.165) is 0 Å². The summed E-state index contributed by atoms with van der Waals surface area (Å²) in [6, 6.07) is 2.70. The van der Waals surface area contributed by atoms with Crippen molar-refractivity contribution in [3.8, 4) is 11.5 Å². The predicted molar refractivity (Wildman–Crippen MR) is 73.9 cm³/mol. The molecule has 0 radical (unpaired) electrons. The average molecular weight is 294 g/mol. The third kappa shape index (κ3) is 2.93. The first-order valence-corrected chi connectivity index (χ1v) is 6.39. The minimum absolute atomic E-state index is 0.0672. The van der Waals surface area contributed by atoms with Gasteiger partial charge in [0.25, 0.3) is 5.69 Å². The van der Waals surface area contributed by atoms with Gasteiger partial charge in [-0.15, -0.1) is 0 Å². The van der Waals surface area contributed by atoms with Gasteiger partial charge in [-0.05, 0) is 13.0 Å². The Balaban J connectivity index is 2.65. The maximum atomic E-state index is 11.1. The number of hydrogen-bond donors (Lipinski definition) is 0. The topological polar surface area (TPSA) is 105 Å². The second kappa shape index (κ2) is 5.78. The van der Waals surface area contributed by atoms with Crippen molar-refractivity contribution in [2.45, 2.75) is 26.4 Å². The molecule has 0 aliphatic carbocycles. The standard InChI is InChI=1S/C13H14N2O6/c1-3-9(14(16)17)6-10-11(15(18)19)4-5-12-13(10)21-8(2)7-20-12/h4-6,8H,3,7H2,1-2H3/b9-6+/t8-/m1/s1. The van der Waals surface area contributed by atoms with Crippen LogP contribution in [0, 0.1) is 20.2 Å². The van der Waals surface area contributed by atoms with Gasteiger partial charge in [-0.2, -0.15) is 0 Å². The molecule has 1 aromatic carbocycles. The first-order valence-electron chi connectivity index (χ1n) is 6.39. The summed E-state index contributed by atoms with van der Waals surface area (Å²) in [5, 5.41) is 22.1. The van der Waals surface area contributed by atoms with Crippen molar-refractivity contribution in [3.05, 3.63) is 43.6 Å². The second-order valence-electron chi connectivity index (χ2n) is 4.57. The van der Waals surface area contributed by atoms with E-state index in [-0.39, 0.29) is 35.2 Å². The summed E-state index contributed by atoms with van der Waals surface area (Å²) >= 11 is 0. The maximum absolute atomic E-state index is 11.1. The second-order valence-corrected chi connectivity index (χ2v) is 4.57. The summed E-state index contributed by atoms with van der Waals surface area (Å²) in [5.41, 5.74) is -0.315. The highest BCUT2D eigenvalue weighted by molar-refractivity contribution is 5.72. The quantitative estimate of drug-likeness (QED) is 0.624. The number of rotatable bonds is 4. The summed E-state index contributed by atoms with van der Waals surface area (Å²) in [7, 11) is 0. The Bertz CT molecular complexity index is 625. The molecule has 1 aliphatic heterocycles. The maximum Gasteiger partial charge on any atom is 0.280 e. The highest BCUT2D eigenvalue weighted by atomic mass is 16.6. The van der Waals surface area contributed by atoms with E-state index in [1.165, 1.54) is 18.2 Å². The molecule has 8 heteroatoms. The zero-order chi connectivity index (χ0) is 15.6. The molecule has 0 aromatic heterocycles. The summed E-state index contributed by atoms with van der Waals surface area (Å²) in [6.07, 6.45) is 1.04. The molecule has 112 valence electrons. The normalized spacial score (nSPS) is 17.4. The van der Waals surface area contributed by atoms with Crippen molar-refractivity contribution >= 4 is 11.8 Å². The van der Waals surface area contributed by atoms with Gasteiger partial charge in [-0.1, -0.05) is 6.92 Å². The Kier molecular flexibility index (Phi) is 4.06. The molecule has 8 nitrogen and oxygen atoms in total. The van der Waals surface area contributed by atoms with Gasteiger partial charge in [-0.3, -0.25) is 20.2 Å². The highest BCUT2D eigenvalue weighted by Crippen LogP contribution is 2.41. The molecular weight excluding hydrogens is 280 g/mol. The summed E-state index contributed by atoms with van der Waals surface area (Å²) in [6.45, 7) is 3.68. The van der Waals surface area contributed by atoms with Crippen LogP contribution in [0.2, 0.25) is 0 Å². The first-order chi connectivity index (χ1) is 9.93. The molecular formula is C13H14N2O6. The van der Waals surface area contributed by atoms with E-state index in [4.69, 9.17) is 9.47 Å². The van der Waals surface area contributed by atoms with E-state index in [1.807, 2.05) is 0 Å². The van der Waals surface area contributed by atoms with Gasteiger partial charge >= 0.3 is 0 Å². The lowest BCUT2D eigenvalue weighted by Gasteiger charge is -2.25. The van der Waals surface area contributed by atoms with Crippen molar-refractivity contribution < 1.29 is 19.3 Å². The van der Waals surface area contributed by atoms with Crippen molar-refractivity contribution in [3.63, 3.8) is 0 Å². The Morgan fingerprint density at radius 3 is 2.71 bits per heavy atom. The number of allylic oxidation sites excluding steroid dienone is 1. The number of benzene rings is 1. The molecule has 0 spiro atoms. The van der Waals surface area contributed by atoms with Crippen LogP contribution in [0.3, 0.4) is 0 Å². The zero-order valence-corrected chi connectivity index (χ0v) is 11.6. The van der Waals surface area contributed by atoms with Crippen molar-refractivity contribution in [2.75, 3.05) is 6.61 Å². The fraction of sp³-hybridized carbons (Fsp3) is 0.385. The lowest BCUT2D eigenvalue weighted by molar-refractivity contribution is -0.425. The van der Waals surface area contributed by atoms with Gasteiger partial charge in [-0.25, -0.2) is 0 Å². The number of hydrogen-bond acceptors (Lipinski definition) is 6. The van der Waals surface area contributed by atoms with Gasteiger partial charge < -0.3 is 9.47 Å². The van der Waals surface area contributed by atoms with Crippen LogP contribution in [0.4, 0.5) is 5.69 Å². The Labute approximate surface area is 120 Å². The van der Waals surface area contributed by atoms with Crippen LogP contribution in [-0.4, -0.2) is 22.6 Å². The van der Waals surface area contributed by atoms with Crippen molar-refractivity contribution in [2.24, 2.45) is 0 Å². The van der Waals surface area contributed by atoms with Crippen LogP contribution in [0.25, 0.3) is 6.08 Å². The number of ether oxygens (including phenoxy) is 2. The van der Waals surface area contributed by atoms with Crippen LogP contribution in [0.15, 0.2) is 17.8 Å². The lowest BCUT2D eigenvalue weighted by atomic mass is 10.1. The van der Waals surface area contributed by atoms with Crippen LogP contribution < -0.4 is 9.47 Å². The average Bonchev–Trinajstić information content (AvgIpc) is 2.43. The molecule has 0 amide bonds. The van der Waals surface area contributed by atoms with Gasteiger partial charge in [0.15, 0.2) is 11.5 Å². The highest BCUT2D eigenvalue weighted by Gasteiger charge is 2.28. The number of nitrogens with zero attached hydrogens (tertiary/aromatic N) is 2. The monoisotopic (exact) mass is 294 g/mol. The van der Waals surface area contributed by atoms with Crippen molar-refractivity contribution in [1.29, 1.82) is 0 Å². The van der Waals surface area contributed by atoms with Crippen LogP contribution >= 0.6 is 0 Å². The molecule has 21 heavy (non-hydrogen) atoms. The van der Waals surface area contributed by atoms with Gasteiger partial charge in [0.1, 0.15) is 18.3 Å². The van der Waals surface area contributed by atoms with E-state index in [1.54, 1.807) is 13.8 Å². The van der Waals surface area contributed by atoms with E-state index >= 15 is 0 Å². The third-order valence-electron chi connectivity index (χ3n) is 3.03. The van der Waals surface area contributed by atoms with E-state index in [0.29, 0.717) is 12.4 Å². The minimum atomic E-state index is -0.595. The molecule has 0 saturated heterocycles. The SMILES string of the molecule is CC/C(=C\c1c([N+](=O)[O-])ccc2c1O[C@H](C)CO2)[N+](=O)[O-]. The smallest absolute Gasteiger partial charge is 0.280 e. The molecule has 1 atom stereocenters. The summed E-state index contributed by atoms with van der Waals surface area (Å²) < 4.78 is 11.0. The fourth-order valence-electron chi connectivity index (χ4n) is 2.00. The van der Waals surface area contributed by atoms with E-state index < -0.39 is 9.85 Å². The summed E-state index contributed by atoms with van der Waals surface area (Å²) in [4.78, 5) is 20.9. The lowest BCUT2D eigenvalue weighted by Crippen LogP contribution is -2.26. The molecule has 0 N–H and O–H groups in total. The van der Waals surface area contributed by atoms with Crippen molar-refractivity contribution in [1.82, 2.24) is 0 Å². The molecule has 0 unspecified atom stereocenters. The fourth-order valence-corrected chi connectivity index (χ4v) is 2.00. The third-order valence-corrected chi connectivity index (χ3v) is 3.03. The molecule has 0 bridgehead atoms. The number of fused-ring (bicyclic) bond motifs is 1. The predicted octanol–water partition coefficient (Wildman–Crippen LogP) is 2.78. The summed E-state index contributed by atoms with van der Waals surface area (Å²) in [5.74, 6) is 0.527. The number of nitro benzene ring substituents is 1. The minimum Gasteiger partial charge on any atom is -0.486 e.